The molecule has 0 unspecified atom stereocenters. The van der Waals surface area contributed by atoms with E-state index in [0.717, 1.165) is 18.7 Å². The third-order valence-corrected chi connectivity index (χ3v) is 2.26. The molecule has 4 heteroatoms. The molecule has 0 aliphatic carbocycles. The first kappa shape index (κ1) is 9.71. The number of benzene rings is 1. The summed E-state index contributed by atoms with van der Waals surface area (Å²) in [5.41, 5.74) is 1.27. The Morgan fingerprint density at radius 1 is 1.27 bits per heavy atom. The first-order valence-corrected chi connectivity index (χ1v) is 4.85. The van der Waals surface area contributed by atoms with Crippen LogP contribution in [0.5, 0.6) is 5.75 Å². The van der Waals surface area contributed by atoms with Crippen molar-refractivity contribution in [1.82, 2.24) is 15.0 Å². The zero-order valence-corrected chi connectivity index (χ0v) is 8.63. The molecule has 4 nitrogen and oxygen atoms in total. The number of hydrogen-bond acceptors (Lipinski definition) is 3. The minimum absolute atomic E-state index is 0.854. The fourth-order valence-corrected chi connectivity index (χ4v) is 1.39. The van der Waals surface area contributed by atoms with Gasteiger partial charge >= 0.3 is 0 Å². The largest absolute Gasteiger partial charge is 0.497 e. The molecule has 0 saturated heterocycles. The van der Waals surface area contributed by atoms with Gasteiger partial charge in [-0.25, -0.2) is 0 Å². The molecule has 0 saturated carbocycles. The smallest absolute Gasteiger partial charge is 0.118 e. The predicted octanol–water partition coefficient (Wildman–Crippen LogP) is 1.53. The lowest BCUT2D eigenvalue weighted by molar-refractivity contribution is 0.414. The number of hydrogen-bond donors (Lipinski definition) is 0. The van der Waals surface area contributed by atoms with Crippen molar-refractivity contribution in [2.24, 2.45) is 0 Å². The summed E-state index contributed by atoms with van der Waals surface area (Å²) in [6.45, 7) is 0.854. The van der Waals surface area contributed by atoms with Gasteiger partial charge in [0.2, 0.25) is 0 Å². The lowest BCUT2D eigenvalue weighted by Crippen LogP contribution is -2.02. The van der Waals surface area contributed by atoms with E-state index in [1.54, 1.807) is 13.3 Å². The van der Waals surface area contributed by atoms with E-state index < -0.39 is 0 Å². The Morgan fingerprint density at radius 3 is 2.67 bits per heavy atom. The Hall–Kier alpha value is -1.84. The van der Waals surface area contributed by atoms with Crippen molar-refractivity contribution in [2.45, 2.75) is 13.0 Å². The van der Waals surface area contributed by atoms with Crippen molar-refractivity contribution in [3.8, 4) is 5.75 Å². The second-order valence-corrected chi connectivity index (χ2v) is 3.26. The molecule has 15 heavy (non-hydrogen) atoms. The molecule has 78 valence electrons. The SMILES string of the molecule is COc1ccc(CCn2ccnn2)cc1. The molecule has 0 bridgehead atoms. The lowest BCUT2D eigenvalue weighted by Gasteiger charge is -2.03. The van der Waals surface area contributed by atoms with E-state index in [2.05, 4.69) is 22.4 Å². The van der Waals surface area contributed by atoms with Crippen LogP contribution >= 0.6 is 0 Å². The van der Waals surface area contributed by atoms with Gasteiger partial charge in [0, 0.05) is 12.7 Å². The van der Waals surface area contributed by atoms with Gasteiger partial charge in [-0.3, -0.25) is 4.68 Å². The van der Waals surface area contributed by atoms with Crippen LogP contribution in [0.15, 0.2) is 36.7 Å². The van der Waals surface area contributed by atoms with E-state index in [9.17, 15) is 0 Å². The second kappa shape index (κ2) is 4.59. The van der Waals surface area contributed by atoms with Crippen LogP contribution in [0, 0.1) is 0 Å². The van der Waals surface area contributed by atoms with Gasteiger partial charge in [0.25, 0.3) is 0 Å². The molecule has 0 aliphatic rings. The minimum Gasteiger partial charge on any atom is -0.497 e. The molecular weight excluding hydrogens is 190 g/mol. The lowest BCUT2D eigenvalue weighted by atomic mass is 10.1. The second-order valence-electron chi connectivity index (χ2n) is 3.26. The van der Waals surface area contributed by atoms with Crippen molar-refractivity contribution in [3.63, 3.8) is 0 Å². The van der Waals surface area contributed by atoms with Crippen LogP contribution in [-0.2, 0) is 13.0 Å². The molecule has 0 N–H and O–H groups in total. The maximum atomic E-state index is 5.09. The van der Waals surface area contributed by atoms with E-state index in [1.165, 1.54) is 5.56 Å². The van der Waals surface area contributed by atoms with Crippen LogP contribution < -0.4 is 4.74 Å². The number of aromatic nitrogens is 3. The summed E-state index contributed by atoms with van der Waals surface area (Å²) in [6.07, 6.45) is 4.50. The number of methoxy groups -OCH3 is 1. The molecule has 0 amide bonds. The summed E-state index contributed by atoms with van der Waals surface area (Å²) in [6, 6.07) is 8.07. The summed E-state index contributed by atoms with van der Waals surface area (Å²) >= 11 is 0. The third-order valence-electron chi connectivity index (χ3n) is 2.26. The van der Waals surface area contributed by atoms with Crippen LogP contribution in [0.3, 0.4) is 0 Å². The zero-order chi connectivity index (χ0) is 10.5. The van der Waals surface area contributed by atoms with Crippen LogP contribution in [0.1, 0.15) is 5.56 Å². The van der Waals surface area contributed by atoms with E-state index >= 15 is 0 Å². The van der Waals surface area contributed by atoms with Crippen LogP contribution in [0.4, 0.5) is 0 Å². The fraction of sp³-hybridized carbons (Fsp3) is 0.273. The topological polar surface area (TPSA) is 39.9 Å². The Kier molecular flexibility index (Phi) is 2.97. The Balaban J connectivity index is 1.93. The van der Waals surface area contributed by atoms with Crippen molar-refractivity contribution in [1.29, 1.82) is 0 Å². The predicted molar refractivity (Wildman–Crippen MR) is 56.7 cm³/mol. The molecule has 0 spiro atoms. The highest BCUT2D eigenvalue weighted by molar-refractivity contribution is 5.27. The van der Waals surface area contributed by atoms with Gasteiger partial charge in [0.15, 0.2) is 0 Å². The highest BCUT2D eigenvalue weighted by Crippen LogP contribution is 2.11. The molecule has 2 rings (SSSR count). The zero-order valence-electron chi connectivity index (χ0n) is 8.63. The van der Waals surface area contributed by atoms with E-state index in [1.807, 2.05) is 23.0 Å². The average molecular weight is 203 g/mol. The first-order valence-electron chi connectivity index (χ1n) is 4.85. The van der Waals surface area contributed by atoms with Crippen LogP contribution in [0.2, 0.25) is 0 Å². The van der Waals surface area contributed by atoms with E-state index in [4.69, 9.17) is 4.74 Å². The van der Waals surface area contributed by atoms with Crippen LogP contribution in [-0.4, -0.2) is 22.1 Å². The van der Waals surface area contributed by atoms with Gasteiger partial charge < -0.3 is 4.74 Å². The highest BCUT2D eigenvalue weighted by atomic mass is 16.5. The Labute approximate surface area is 88.5 Å². The highest BCUT2D eigenvalue weighted by Gasteiger charge is 1.96. The van der Waals surface area contributed by atoms with Crippen molar-refractivity contribution in [3.05, 3.63) is 42.2 Å². The van der Waals surface area contributed by atoms with Gasteiger partial charge in [-0.05, 0) is 24.1 Å². The summed E-state index contributed by atoms with van der Waals surface area (Å²) in [5, 5.41) is 7.66. The number of aryl methyl sites for hydroxylation is 2. The molecule has 0 fully saturated rings. The maximum Gasteiger partial charge on any atom is 0.118 e. The molecule has 0 atom stereocenters. The monoisotopic (exact) mass is 203 g/mol. The van der Waals surface area contributed by atoms with Crippen molar-refractivity contribution < 1.29 is 4.74 Å². The van der Waals surface area contributed by atoms with E-state index in [-0.39, 0.29) is 0 Å². The van der Waals surface area contributed by atoms with Gasteiger partial charge in [-0.15, -0.1) is 5.10 Å². The number of rotatable bonds is 4. The molecule has 1 heterocycles. The summed E-state index contributed by atoms with van der Waals surface area (Å²) in [7, 11) is 1.67. The average Bonchev–Trinajstić information content (AvgIpc) is 2.80. The normalized spacial score (nSPS) is 10.2. The summed E-state index contributed by atoms with van der Waals surface area (Å²) < 4.78 is 6.92. The Bertz CT molecular complexity index is 394. The van der Waals surface area contributed by atoms with Gasteiger partial charge in [-0.2, -0.15) is 0 Å². The van der Waals surface area contributed by atoms with Gasteiger partial charge in [0.1, 0.15) is 5.75 Å². The van der Waals surface area contributed by atoms with E-state index in [0.29, 0.717) is 0 Å². The molecule has 0 aliphatic heterocycles. The van der Waals surface area contributed by atoms with Gasteiger partial charge in [0.05, 0.1) is 13.3 Å². The molecule has 1 aromatic carbocycles. The standard InChI is InChI=1S/C11H13N3O/c1-15-11-4-2-10(3-5-11)6-8-14-9-7-12-13-14/h2-5,7,9H,6,8H2,1H3. The fourth-order valence-electron chi connectivity index (χ4n) is 1.39. The molecule has 2 aromatic rings. The molecule has 1 aromatic heterocycles. The summed E-state index contributed by atoms with van der Waals surface area (Å²) in [4.78, 5) is 0. The van der Waals surface area contributed by atoms with Gasteiger partial charge in [-0.1, -0.05) is 17.3 Å². The number of nitrogens with zero attached hydrogens (tertiary/aromatic N) is 3. The molecule has 0 radical (unpaired) electrons. The maximum absolute atomic E-state index is 5.09. The van der Waals surface area contributed by atoms with Crippen molar-refractivity contribution in [2.75, 3.05) is 7.11 Å². The minimum atomic E-state index is 0.854. The Morgan fingerprint density at radius 2 is 2.07 bits per heavy atom. The van der Waals surface area contributed by atoms with Crippen LogP contribution in [0.25, 0.3) is 0 Å². The molecular formula is C11H13N3O. The first-order chi connectivity index (χ1) is 7.38. The summed E-state index contributed by atoms with van der Waals surface area (Å²) in [5.74, 6) is 0.888. The third kappa shape index (κ3) is 2.56. The quantitative estimate of drug-likeness (QED) is 0.756. The van der Waals surface area contributed by atoms with Crippen molar-refractivity contribution >= 4 is 0 Å². The number of ether oxygens (including phenoxy) is 1.